The average molecular weight is 262 g/mol. The van der Waals surface area contributed by atoms with Crippen LogP contribution in [0.1, 0.15) is 24.8 Å². The van der Waals surface area contributed by atoms with Gasteiger partial charge in [-0.15, -0.1) is 0 Å². The Bertz CT molecular complexity index is 375. The molecular formula is C15H22N2O2. The summed E-state index contributed by atoms with van der Waals surface area (Å²) in [6.45, 7) is 2.14. The van der Waals surface area contributed by atoms with E-state index in [1.165, 1.54) is 5.56 Å². The molecule has 1 unspecified atom stereocenters. The van der Waals surface area contributed by atoms with Crippen LogP contribution in [-0.4, -0.2) is 31.8 Å². The van der Waals surface area contributed by atoms with Crippen molar-refractivity contribution >= 4 is 6.03 Å². The average Bonchev–Trinajstić information content (AvgIpc) is 2.96. The fourth-order valence-electron chi connectivity index (χ4n) is 2.21. The molecule has 0 radical (unpaired) electrons. The van der Waals surface area contributed by atoms with Gasteiger partial charge in [0.2, 0.25) is 0 Å². The normalized spacial score (nSPS) is 18.2. The van der Waals surface area contributed by atoms with E-state index >= 15 is 0 Å². The van der Waals surface area contributed by atoms with Gasteiger partial charge >= 0.3 is 6.03 Å². The van der Waals surface area contributed by atoms with Crippen molar-refractivity contribution in [2.75, 3.05) is 19.7 Å². The lowest BCUT2D eigenvalue weighted by molar-refractivity contribution is 0.111. The number of ether oxygens (including phenoxy) is 1. The highest BCUT2D eigenvalue weighted by atomic mass is 16.5. The zero-order chi connectivity index (χ0) is 13.3. The number of hydrogen-bond donors (Lipinski definition) is 2. The number of carbonyl (C=O) groups excluding carboxylic acids is 1. The Morgan fingerprint density at radius 3 is 2.84 bits per heavy atom. The Labute approximate surface area is 114 Å². The second-order valence-corrected chi connectivity index (χ2v) is 4.86. The predicted molar refractivity (Wildman–Crippen MR) is 75.1 cm³/mol. The molecule has 2 N–H and O–H groups in total. The van der Waals surface area contributed by atoms with Crippen molar-refractivity contribution in [1.82, 2.24) is 10.6 Å². The minimum Gasteiger partial charge on any atom is -0.376 e. The molecular weight excluding hydrogens is 240 g/mol. The first-order valence-electron chi connectivity index (χ1n) is 7.02. The first kappa shape index (κ1) is 13.9. The summed E-state index contributed by atoms with van der Waals surface area (Å²) in [5, 5.41) is 5.72. The molecule has 19 heavy (non-hydrogen) atoms. The minimum absolute atomic E-state index is 0.0939. The summed E-state index contributed by atoms with van der Waals surface area (Å²) in [6, 6.07) is 10.2. The van der Waals surface area contributed by atoms with Crippen LogP contribution < -0.4 is 10.6 Å². The highest BCUT2D eigenvalue weighted by molar-refractivity contribution is 5.73. The smallest absolute Gasteiger partial charge is 0.314 e. The first-order chi connectivity index (χ1) is 9.34. The van der Waals surface area contributed by atoms with Gasteiger partial charge in [-0.05, 0) is 31.2 Å². The summed E-state index contributed by atoms with van der Waals surface area (Å²) in [7, 11) is 0. The van der Waals surface area contributed by atoms with Gasteiger partial charge in [0, 0.05) is 19.7 Å². The molecule has 1 aliphatic rings. The van der Waals surface area contributed by atoms with Crippen LogP contribution in [0.2, 0.25) is 0 Å². The lowest BCUT2D eigenvalue weighted by atomic mass is 10.1. The van der Waals surface area contributed by atoms with Crippen molar-refractivity contribution < 1.29 is 9.53 Å². The van der Waals surface area contributed by atoms with Crippen LogP contribution in [0.15, 0.2) is 30.3 Å². The monoisotopic (exact) mass is 262 g/mol. The van der Waals surface area contributed by atoms with Crippen molar-refractivity contribution in [3.8, 4) is 0 Å². The lowest BCUT2D eigenvalue weighted by Gasteiger charge is -2.11. The number of rotatable bonds is 6. The van der Waals surface area contributed by atoms with Crippen LogP contribution in [0.3, 0.4) is 0 Å². The van der Waals surface area contributed by atoms with E-state index in [0.29, 0.717) is 13.1 Å². The molecule has 1 fully saturated rings. The maximum atomic E-state index is 11.5. The van der Waals surface area contributed by atoms with E-state index in [-0.39, 0.29) is 12.1 Å². The van der Waals surface area contributed by atoms with Gasteiger partial charge in [0.15, 0.2) is 0 Å². The Balaban J connectivity index is 1.51. The van der Waals surface area contributed by atoms with E-state index in [2.05, 4.69) is 22.8 Å². The molecule has 1 aromatic carbocycles. The largest absolute Gasteiger partial charge is 0.376 e. The van der Waals surface area contributed by atoms with Crippen LogP contribution >= 0.6 is 0 Å². The van der Waals surface area contributed by atoms with E-state index in [1.807, 2.05) is 18.2 Å². The molecule has 0 aliphatic carbocycles. The van der Waals surface area contributed by atoms with Gasteiger partial charge in [-0.1, -0.05) is 30.3 Å². The maximum absolute atomic E-state index is 11.5. The maximum Gasteiger partial charge on any atom is 0.314 e. The highest BCUT2D eigenvalue weighted by Crippen LogP contribution is 2.10. The number of nitrogens with one attached hydrogen (secondary N) is 2. The van der Waals surface area contributed by atoms with Gasteiger partial charge in [0.1, 0.15) is 0 Å². The number of urea groups is 1. The van der Waals surface area contributed by atoms with Gasteiger partial charge in [-0.25, -0.2) is 4.79 Å². The van der Waals surface area contributed by atoms with E-state index in [0.717, 1.165) is 32.3 Å². The van der Waals surface area contributed by atoms with E-state index in [9.17, 15) is 4.79 Å². The molecule has 104 valence electrons. The first-order valence-corrected chi connectivity index (χ1v) is 7.02. The molecule has 1 saturated heterocycles. The minimum atomic E-state index is -0.0939. The molecule has 1 aromatic rings. The molecule has 0 aromatic heterocycles. The third-order valence-electron chi connectivity index (χ3n) is 3.28. The van der Waals surface area contributed by atoms with E-state index < -0.39 is 0 Å². The fraction of sp³-hybridized carbons (Fsp3) is 0.533. The standard InChI is InChI=1S/C15H22N2O2/c18-15(17-12-14-9-5-11-19-14)16-10-4-8-13-6-2-1-3-7-13/h1-3,6-7,14H,4-5,8-12H2,(H2,16,17,18). The van der Waals surface area contributed by atoms with Crippen LogP contribution in [-0.2, 0) is 11.2 Å². The van der Waals surface area contributed by atoms with Crippen molar-refractivity contribution in [3.63, 3.8) is 0 Å². The van der Waals surface area contributed by atoms with E-state index in [1.54, 1.807) is 0 Å². The molecule has 1 aliphatic heterocycles. The van der Waals surface area contributed by atoms with Crippen LogP contribution in [0.25, 0.3) is 0 Å². The summed E-state index contributed by atoms with van der Waals surface area (Å²) in [5.41, 5.74) is 1.31. The topological polar surface area (TPSA) is 50.4 Å². The molecule has 1 heterocycles. The molecule has 0 spiro atoms. The van der Waals surface area contributed by atoms with Crippen LogP contribution in [0.5, 0.6) is 0 Å². The Morgan fingerprint density at radius 1 is 1.26 bits per heavy atom. The summed E-state index contributed by atoms with van der Waals surface area (Å²) < 4.78 is 5.44. The second kappa shape index (κ2) is 7.79. The van der Waals surface area contributed by atoms with Gasteiger partial charge < -0.3 is 15.4 Å². The zero-order valence-corrected chi connectivity index (χ0v) is 11.2. The summed E-state index contributed by atoms with van der Waals surface area (Å²) in [4.78, 5) is 11.5. The zero-order valence-electron chi connectivity index (χ0n) is 11.2. The quantitative estimate of drug-likeness (QED) is 0.771. The van der Waals surface area contributed by atoms with Crippen molar-refractivity contribution in [1.29, 1.82) is 0 Å². The van der Waals surface area contributed by atoms with Crippen molar-refractivity contribution in [2.45, 2.75) is 31.8 Å². The van der Waals surface area contributed by atoms with Gasteiger partial charge in [-0.3, -0.25) is 0 Å². The number of aryl methyl sites for hydroxylation is 1. The molecule has 1 atom stereocenters. The fourth-order valence-corrected chi connectivity index (χ4v) is 2.21. The third kappa shape index (κ3) is 5.30. The lowest BCUT2D eigenvalue weighted by Crippen LogP contribution is -2.40. The predicted octanol–water partition coefficient (Wildman–Crippen LogP) is 2.10. The Morgan fingerprint density at radius 2 is 2.11 bits per heavy atom. The third-order valence-corrected chi connectivity index (χ3v) is 3.28. The van der Waals surface area contributed by atoms with Crippen LogP contribution in [0.4, 0.5) is 4.79 Å². The Hall–Kier alpha value is -1.55. The summed E-state index contributed by atoms with van der Waals surface area (Å²) in [5.74, 6) is 0. The molecule has 0 saturated carbocycles. The summed E-state index contributed by atoms with van der Waals surface area (Å²) >= 11 is 0. The summed E-state index contributed by atoms with van der Waals surface area (Å²) in [6.07, 6.45) is 4.30. The number of carbonyl (C=O) groups is 1. The SMILES string of the molecule is O=C(NCCCc1ccccc1)NCC1CCCO1. The molecule has 4 nitrogen and oxygen atoms in total. The van der Waals surface area contributed by atoms with Gasteiger partial charge in [0.05, 0.1) is 6.10 Å². The Kier molecular flexibility index (Phi) is 5.69. The van der Waals surface area contributed by atoms with Crippen molar-refractivity contribution in [3.05, 3.63) is 35.9 Å². The highest BCUT2D eigenvalue weighted by Gasteiger charge is 2.15. The van der Waals surface area contributed by atoms with E-state index in [4.69, 9.17) is 4.74 Å². The second-order valence-electron chi connectivity index (χ2n) is 4.86. The number of hydrogen-bond acceptors (Lipinski definition) is 2. The van der Waals surface area contributed by atoms with Crippen molar-refractivity contribution in [2.24, 2.45) is 0 Å². The number of benzene rings is 1. The molecule has 4 heteroatoms. The van der Waals surface area contributed by atoms with Crippen LogP contribution in [0, 0.1) is 0 Å². The molecule has 2 amide bonds. The molecule has 2 rings (SSSR count). The van der Waals surface area contributed by atoms with Gasteiger partial charge in [0.25, 0.3) is 0 Å². The van der Waals surface area contributed by atoms with Gasteiger partial charge in [-0.2, -0.15) is 0 Å². The molecule has 0 bridgehead atoms. The number of amides is 2.